The van der Waals surface area contributed by atoms with Crippen LogP contribution >= 0.6 is 0 Å². The topological polar surface area (TPSA) is 84.7 Å². The Hall–Kier alpha value is -2.44. The van der Waals surface area contributed by atoms with Gasteiger partial charge >= 0.3 is 0 Å². The zero-order valence-electron chi connectivity index (χ0n) is 11.8. The van der Waals surface area contributed by atoms with E-state index in [2.05, 4.69) is 25.7 Å². The van der Waals surface area contributed by atoms with Gasteiger partial charge in [0.05, 0.1) is 23.8 Å². The van der Waals surface area contributed by atoms with Crippen molar-refractivity contribution in [1.29, 1.82) is 0 Å². The molecular formula is C13H18N6O. The van der Waals surface area contributed by atoms with Crippen LogP contribution in [0.4, 0.5) is 11.5 Å². The third kappa shape index (κ3) is 3.11. The Morgan fingerprint density at radius 3 is 2.85 bits per heavy atom. The molecule has 2 heterocycles. The first kappa shape index (κ1) is 14.0. The van der Waals surface area contributed by atoms with E-state index in [1.54, 1.807) is 17.1 Å². The zero-order valence-corrected chi connectivity index (χ0v) is 11.8. The molecule has 0 saturated heterocycles. The van der Waals surface area contributed by atoms with Crippen LogP contribution in [0, 0.1) is 0 Å². The van der Waals surface area contributed by atoms with Crippen LogP contribution < -0.4 is 10.6 Å². The van der Waals surface area contributed by atoms with Crippen molar-refractivity contribution in [2.24, 2.45) is 7.05 Å². The highest BCUT2D eigenvalue weighted by molar-refractivity contribution is 6.03. The minimum absolute atomic E-state index is 0.273. The first-order valence-electron chi connectivity index (χ1n) is 6.53. The van der Waals surface area contributed by atoms with Crippen LogP contribution in [0.5, 0.6) is 0 Å². The normalized spacial score (nSPS) is 10.3. The molecule has 0 radical (unpaired) electrons. The van der Waals surface area contributed by atoms with E-state index in [4.69, 9.17) is 0 Å². The fraction of sp³-hybridized carbons (Fsp3) is 0.385. The second-order valence-electron chi connectivity index (χ2n) is 4.29. The Morgan fingerprint density at radius 1 is 1.35 bits per heavy atom. The van der Waals surface area contributed by atoms with E-state index in [0.29, 0.717) is 11.5 Å². The molecule has 7 heteroatoms. The molecule has 0 aliphatic rings. The van der Waals surface area contributed by atoms with Crippen molar-refractivity contribution in [1.82, 2.24) is 19.7 Å². The Labute approximate surface area is 117 Å². The number of rotatable bonds is 5. The number of hydrogen-bond donors (Lipinski definition) is 2. The van der Waals surface area contributed by atoms with E-state index in [9.17, 15) is 4.79 Å². The number of amides is 1. The van der Waals surface area contributed by atoms with Crippen LogP contribution in [0.15, 0.2) is 18.6 Å². The van der Waals surface area contributed by atoms with Crippen LogP contribution in [0.1, 0.15) is 30.0 Å². The van der Waals surface area contributed by atoms with E-state index in [1.165, 1.54) is 6.20 Å². The molecule has 0 aliphatic heterocycles. The molecule has 0 saturated carbocycles. The number of aromatic nitrogens is 4. The molecule has 2 N–H and O–H groups in total. The van der Waals surface area contributed by atoms with Gasteiger partial charge < -0.3 is 10.6 Å². The molecule has 0 aliphatic carbocycles. The number of aryl methyl sites for hydroxylation is 2. The molecule has 2 aromatic heterocycles. The molecule has 0 unspecified atom stereocenters. The number of carbonyl (C=O) groups excluding carboxylic acids is 1. The molecule has 7 nitrogen and oxygen atoms in total. The van der Waals surface area contributed by atoms with Gasteiger partial charge in [0.2, 0.25) is 0 Å². The van der Waals surface area contributed by atoms with Gasteiger partial charge in [-0.15, -0.1) is 0 Å². The van der Waals surface area contributed by atoms with Crippen LogP contribution in [0.2, 0.25) is 0 Å². The summed E-state index contributed by atoms with van der Waals surface area (Å²) < 4.78 is 1.68. The third-order valence-electron chi connectivity index (χ3n) is 2.71. The van der Waals surface area contributed by atoms with E-state index in [1.807, 2.05) is 20.9 Å². The monoisotopic (exact) mass is 274 g/mol. The molecule has 1 amide bonds. The predicted molar refractivity (Wildman–Crippen MR) is 76.7 cm³/mol. The Balaban J connectivity index is 2.17. The number of nitrogens with zero attached hydrogens (tertiary/aromatic N) is 4. The average molecular weight is 274 g/mol. The number of carbonyl (C=O) groups is 1. The molecule has 0 spiro atoms. The Bertz CT molecular complexity index is 607. The SMILES string of the molecule is CCNc1cncc(C(=O)Nc2cn(C)nc2CC)n1. The standard InChI is InChI=1S/C13H18N6O/c1-4-9-11(8-19(3)18-9)17-13(20)10-6-14-7-12(16-10)15-5-2/h6-8H,4-5H2,1-3H3,(H,15,16)(H,17,20). The highest BCUT2D eigenvalue weighted by atomic mass is 16.1. The summed E-state index contributed by atoms with van der Waals surface area (Å²) in [4.78, 5) is 20.4. The summed E-state index contributed by atoms with van der Waals surface area (Å²) in [7, 11) is 1.82. The molecule has 2 rings (SSSR count). The van der Waals surface area contributed by atoms with Crippen LogP contribution in [-0.4, -0.2) is 32.2 Å². The van der Waals surface area contributed by atoms with Gasteiger partial charge in [0.15, 0.2) is 0 Å². The van der Waals surface area contributed by atoms with Gasteiger partial charge in [-0.3, -0.25) is 14.5 Å². The van der Waals surface area contributed by atoms with Crippen molar-refractivity contribution in [3.8, 4) is 0 Å². The van der Waals surface area contributed by atoms with Gasteiger partial charge in [-0.05, 0) is 13.3 Å². The van der Waals surface area contributed by atoms with Gasteiger partial charge in [-0.1, -0.05) is 6.92 Å². The maximum atomic E-state index is 12.2. The van der Waals surface area contributed by atoms with Crippen LogP contribution in [0.25, 0.3) is 0 Å². The average Bonchev–Trinajstić information content (AvgIpc) is 2.79. The van der Waals surface area contributed by atoms with Gasteiger partial charge in [-0.2, -0.15) is 5.10 Å². The number of nitrogens with one attached hydrogen (secondary N) is 2. The van der Waals surface area contributed by atoms with E-state index in [-0.39, 0.29) is 11.6 Å². The summed E-state index contributed by atoms with van der Waals surface area (Å²) in [5.41, 5.74) is 1.82. The highest BCUT2D eigenvalue weighted by Crippen LogP contribution is 2.14. The number of anilines is 2. The van der Waals surface area contributed by atoms with Crippen molar-refractivity contribution >= 4 is 17.4 Å². The van der Waals surface area contributed by atoms with Crippen molar-refractivity contribution < 1.29 is 4.79 Å². The van der Waals surface area contributed by atoms with Crippen LogP contribution in [-0.2, 0) is 13.5 Å². The second-order valence-corrected chi connectivity index (χ2v) is 4.29. The highest BCUT2D eigenvalue weighted by Gasteiger charge is 2.13. The molecule has 0 aromatic carbocycles. The summed E-state index contributed by atoms with van der Waals surface area (Å²) in [5.74, 6) is 0.294. The van der Waals surface area contributed by atoms with Crippen molar-refractivity contribution in [2.45, 2.75) is 20.3 Å². The van der Waals surface area contributed by atoms with E-state index >= 15 is 0 Å². The fourth-order valence-electron chi connectivity index (χ4n) is 1.83. The summed E-state index contributed by atoms with van der Waals surface area (Å²) in [6.07, 6.45) is 5.55. The lowest BCUT2D eigenvalue weighted by molar-refractivity contribution is 0.102. The van der Waals surface area contributed by atoms with E-state index in [0.717, 1.165) is 18.7 Å². The molecule has 106 valence electrons. The van der Waals surface area contributed by atoms with Gasteiger partial charge in [0.1, 0.15) is 11.5 Å². The molecule has 20 heavy (non-hydrogen) atoms. The number of hydrogen-bond acceptors (Lipinski definition) is 5. The summed E-state index contributed by atoms with van der Waals surface area (Å²) in [5, 5.41) is 10.1. The van der Waals surface area contributed by atoms with Crippen molar-refractivity contribution in [2.75, 3.05) is 17.2 Å². The van der Waals surface area contributed by atoms with Crippen molar-refractivity contribution in [3.63, 3.8) is 0 Å². The Kier molecular flexibility index (Phi) is 4.29. The predicted octanol–water partition coefficient (Wildman–Crippen LogP) is 1.46. The third-order valence-corrected chi connectivity index (χ3v) is 2.71. The molecule has 0 atom stereocenters. The fourth-order valence-corrected chi connectivity index (χ4v) is 1.83. The lowest BCUT2D eigenvalue weighted by atomic mass is 10.3. The zero-order chi connectivity index (χ0) is 14.5. The first-order chi connectivity index (χ1) is 9.63. The lowest BCUT2D eigenvalue weighted by Crippen LogP contribution is -2.15. The quantitative estimate of drug-likeness (QED) is 0.862. The summed E-state index contributed by atoms with van der Waals surface area (Å²) in [6, 6.07) is 0. The maximum absolute atomic E-state index is 12.2. The molecule has 0 fully saturated rings. The van der Waals surface area contributed by atoms with Crippen molar-refractivity contribution in [3.05, 3.63) is 30.0 Å². The van der Waals surface area contributed by atoms with Gasteiger partial charge in [0.25, 0.3) is 5.91 Å². The largest absolute Gasteiger partial charge is 0.369 e. The van der Waals surface area contributed by atoms with Gasteiger partial charge in [-0.25, -0.2) is 4.98 Å². The summed E-state index contributed by atoms with van der Waals surface area (Å²) in [6.45, 7) is 4.67. The molecule has 2 aromatic rings. The molecular weight excluding hydrogens is 256 g/mol. The lowest BCUT2D eigenvalue weighted by Gasteiger charge is -2.05. The Morgan fingerprint density at radius 2 is 2.15 bits per heavy atom. The molecule has 0 bridgehead atoms. The summed E-state index contributed by atoms with van der Waals surface area (Å²) >= 11 is 0. The minimum Gasteiger partial charge on any atom is -0.369 e. The van der Waals surface area contributed by atoms with E-state index < -0.39 is 0 Å². The van der Waals surface area contributed by atoms with Crippen LogP contribution in [0.3, 0.4) is 0 Å². The second kappa shape index (κ2) is 6.14. The maximum Gasteiger partial charge on any atom is 0.276 e. The van der Waals surface area contributed by atoms with Gasteiger partial charge in [0, 0.05) is 19.8 Å². The first-order valence-corrected chi connectivity index (χ1v) is 6.53. The smallest absolute Gasteiger partial charge is 0.276 e. The minimum atomic E-state index is -0.292.